The van der Waals surface area contributed by atoms with Crippen LogP contribution in [0.1, 0.15) is 98.3 Å². The lowest BCUT2D eigenvalue weighted by atomic mass is 9.44. The van der Waals surface area contributed by atoms with Gasteiger partial charge >= 0.3 is 0 Å². The average Bonchev–Trinajstić information content (AvgIpc) is 2.84. The molecule has 0 aromatic heterocycles. The molecule has 9 atom stereocenters. The van der Waals surface area contributed by atoms with Crippen LogP contribution in [0.2, 0.25) is 0 Å². The maximum Gasteiger partial charge on any atom is 0.00779 e. The largest absolute Gasteiger partial charge is 0.327 e. The van der Waals surface area contributed by atoms with Gasteiger partial charge in [0.15, 0.2) is 0 Å². The van der Waals surface area contributed by atoms with E-state index in [1.807, 2.05) is 0 Å². The summed E-state index contributed by atoms with van der Waals surface area (Å²) < 4.78 is 0. The number of rotatable bonds is 3. The van der Waals surface area contributed by atoms with E-state index in [4.69, 9.17) is 5.73 Å². The molecular weight excluding hydrogens is 302 g/mol. The van der Waals surface area contributed by atoms with Crippen LogP contribution in [0.5, 0.6) is 0 Å². The fraction of sp³-hybridized carbons (Fsp3) is 1.00. The van der Waals surface area contributed by atoms with E-state index in [1.165, 1.54) is 70.6 Å². The maximum absolute atomic E-state index is 6.84. The SMILES string of the molecule is CCC[C@@H](C)[C@H]1C(N)C[C@H]2[C@@H]3CCC4CCCC[C@]4(C)[C@H]3CC[C@]12C. The molecule has 25 heavy (non-hydrogen) atoms. The Kier molecular flexibility index (Phi) is 4.79. The fourth-order valence-electron chi connectivity index (χ4n) is 9.14. The van der Waals surface area contributed by atoms with Crippen molar-refractivity contribution in [2.24, 2.45) is 52.1 Å². The molecule has 4 aliphatic rings. The van der Waals surface area contributed by atoms with Crippen molar-refractivity contribution in [1.29, 1.82) is 0 Å². The van der Waals surface area contributed by atoms with Gasteiger partial charge in [-0.2, -0.15) is 0 Å². The normalized spacial score (nSPS) is 53.6. The molecule has 4 aliphatic carbocycles. The van der Waals surface area contributed by atoms with Crippen LogP contribution in [0.15, 0.2) is 0 Å². The zero-order valence-electron chi connectivity index (χ0n) is 17.4. The van der Waals surface area contributed by atoms with Crippen LogP contribution >= 0.6 is 0 Å². The minimum atomic E-state index is 0.465. The van der Waals surface area contributed by atoms with E-state index in [-0.39, 0.29) is 0 Å². The van der Waals surface area contributed by atoms with Gasteiger partial charge in [0.2, 0.25) is 0 Å². The molecule has 0 bridgehead atoms. The van der Waals surface area contributed by atoms with Crippen LogP contribution < -0.4 is 5.73 Å². The minimum Gasteiger partial charge on any atom is -0.327 e. The summed E-state index contributed by atoms with van der Waals surface area (Å²) in [5.41, 5.74) is 8.04. The van der Waals surface area contributed by atoms with Gasteiger partial charge in [-0.1, -0.05) is 53.4 Å². The molecule has 0 amide bonds. The lowest BCUT2D eigenvalue weighted by Crippen LogP contribution is -2.53. The minimum absolute atomic E-state index is 0.465. The molecule has 0 saturated heterocycles. The van der Waals surface area contributed by atoms with E-state index in [2.05, 4.69) is 27.7 Å². The van der Waals surface area contributed by atoms with Crippen molar-refractivity contribution in [2.45, 2.75) is 104 Å². The van der Waals surface area contributed by atoms with Crippen LogP contribution in [-0.2, 0) is 0 Å². The Morgan fingerprint density at radius 1 is 0.960 bits per heavy atom. The first-order valence-electron chi connectivity index (χ1n) is 11.7. The smallest absolute Gasteiger partial charge is 0.00779 e. The van der Waals surface area contributed by atoms with Crippen LogP contribution in [0.4, 0.5) is 0 Å². The second-order valence-corrected chi connectivity index (χ2v) is 11.1. The third kappa shape index (κ3) is 2.66. The Bertz CT molecular complexity index is 486. The van der Waals surface area contributed by atoms with Gasteiger partial charge in [-0.05, 0) is 91.3 Å². The molecule has 2 N–H and O–H groups in total. The lowest BCUT2D eigenvalue weighted by Gasteiger charge is -2.60. The third-order valence-electron chi connectivity index (χ3n) is 10.1. The number of hydrogen-bond acceptors (Lipinski definition) is 1. The van der Waals surface area contributed by atoms with Crippen molar-refractivity contribution in [3.63, 3.8) is 0 Å². The zero-order valence-corrected chi connectivity index (χ0v) is 17.4. The van der Waals surface area contributed by atoms with Crippen LogP contribution in [0.25, 0.3) is 0 Å². The van der Waals surface area contributed by atoms with Crippen molar-refractivity contribution in [2.75, 3.05) is 0 Å². The van der Waals surface area contributed by atoms with E-state index in [1.54, 1.807) is 0 Å². The fourth-order valence-corrected chi connectivity index (χ4v) is 9.14. The summed E-state index contributed by atoms with van der Waals surface area (Å²) in [6.45, 7) is 10.2. The van der Waals surface area contributed by atoms with Gasteiger partial charge in [0.1, 0.15) is 0 Å². The summed E-state index contributed by atoms with van der Waals surface area (Å²) in [5.74, 6) is 5.55. The van der Waals surface area contributed by atoms with Crippen LogP contribution in [0.3, 0.4) is 0 Å². The standard InChI is InChI=1S/C24H43N/c1-5-8-16(2)22-21(25)15-20-18-11-10-17-9-6-7-13-23(17,3)19(18)12-14-24(20,22)4/h16-22H,5-15,25H2,1-4H3/t16-,17?,18-,19+,20+,21?,22+,23+,24+/m1/s1. The summed E-state index contributed by atoms with van der Waals surface area (Å²) in [4.78, 5) is 0. The lowest BCUT2D eigenvalue weighted by molar-refractivity contribution is -0.114. The van der Waals surface area contributed by atoms with E-state index in [9.17, 15) is 0 Å². The van der Waals surface area contributed by atoms with E-state index < -0.39 is 0 Å². The molecule has 1 nitrogen and oxygen atoms in total. The highest BCUT2D eigenvalue weighted by molar-refractivity contribution is 5.12. The predicted octanol–water partition coefficient (Wildman–Crippen LogP) is 6.41. The van der Waals surface area contributed by atoms with E-state index in [0.717, 1.165) is 35.5 Å². The van der Waals surface area contributed by atoms with Gasteiger partial charge in [0, 0.05) is 6.04 Å². The maximum atomic E-state index is 6.84. The summed E-state index contributed by atoms with van der Waals surface area (Å²) in [5, 5.41) is 0. The Morgan fingerprint density at radius 2 is 1.76 bits per heavy atom. The monoisotopic (exact) mass is 345 g/mol. The molecular formula is C24H43N. The molecule has 4 fully saturated rings. The van der Waals surface area contributed by atoms with Crippen molar-refractivity contribution < 1.29 is 0 Å². The van der Waals surface area contributed by atoms with Crippen molar-refractivity contribution >= 4 is 0 Å². The number of hydrogen-bond donors (Lipinski definition) is 1. The summed E-state index contributed by atoms with van der Waals surface area (Å²) in [6, 6.07) is 0.465. The van der Waals surface area contributed by atoms with Crippen molar-refractivity contribution in [3.05, 3.63) is 0 Å². The van der Waals surface area contributed by atoms with Crippen molar-refractivity contribution in [3.8, 4) is 0 Å². The van der Waals surface area contributed by atoms with Gasteiger partial charge in [-0.25, -0.2) is 0 Å². The summed E-state index contributed by atoms with van der Waals surface area (Å²) >= 11 is 0. The van der Waals surface area contributed by atoms with Crippen LogP contribution in [-0.4, -0.2) is 6.04 Å². The molecule has 0 aliphatic heterocycles. The Hall–Kier alpha value is -0.0400. The first-order valence-corrected chi connectivity index (χ1v) is 11.7. The molecule has 0 spiro atoms. The zero-order chi connectivity index (χ0) is 17.8. The van der Waals surface area contributed by atoms with Gasteiger partial charge in [0.25, 0.3) is 0 Å². The first-order chi connectivity index (χ1) is 11.9. The third-order valence-corrected chi connectivity index (χ3v) is 10.1. The van der Waals surface area contributed by atoms with Gasteiger partial charge in [-0.3, -0.25) is 0 Å². The highest BCUT2D eigenvalue weighted by Crippen LogP contribution is 2.68. The average molecular weight is 346 g/mol. The Morgan fingerprint density at radius 3 is 2.52 bits per heavy atom. The number of nitrogens with two attached hydrogens (primary N) is 1. The van der Waals surface area contributed by atoms with Gasteiger partial charge < -0.3 is 5.73 Å². The molecule has 4 rings (SSSR count). The molecule has 0 heterocycles. The summed E-state index contributed by atoms with van der Waals surface area (Å²) in [7, 11) is 0. The second-order valence-electron chi connectivity index (χ2n) is 11.1. The number of fused-ring (bicyclic) bond motifs is 5. The Labute approximate surface area is 156 Å². The molecule has 4 saturated carbocycles. The highest BCUT2D eigenvalue weighted by Gasteiger charge is 2.61. The quantitative estimate of drug-likeness (QED) is 0.628. The van der Waals surface area contributed by atoms with E-state index in [0.29, 0.717) is 16.9 Å². The predicted molar refractivity (Wildman–Crippen MR) is 107 cm³/mol. The van der Waals surface area contributed by atoms with Crippen LogP contribution in [0, 0.1) is 46.3 Å². The van der Waals surface area contributed by atoms with E-state index >= 15 is 0 Å². The Balaban J connectivity index is 1.60. The topological polar surface area (TPSA) is 26.0 Å². The highest BCUT2D eigenvalue weighted by atomic mass is 14.8. The molecule has 0 aromatic rings. The molecule has 2 unspecified atom stereocenters. The first kappa shape index (κ1) is 18.3. The molecule has 144 valence electrons. The second kappa shape index (κ2) is 6.54. The molecule has 0 radical (unpaired) electrons. The molecule has 1 heteroatoms. The molecule has 0 aromatic carbocycles. The van der Waals surface area contributed by atoms with Gasteiger partial charge in [0.05, 0.1) is 0 Å². The van der Waals surface area contributed by atoms with Crippen molar-refractivity contribution in [1.82, 2.24) is 0 Å². The summed E-state index contributed by atoms with van der Waals surface area (Å²) in [6.07, 6.45) is 16.1. The van der Waals surface area contributed by atoms with Gasteiger partial charge in [-0.15, -0.1) is 0 Å².